The second-order valence-electron chi connectivity index (χ2n) is 5.23. The minimum absolute atomic E-state index is 0.226. The molecule has 0 heterocycles. The molecule has 2 N–H and O–H groups in total. The molecule has 0 saturated heterocycles. The number of hydrogen-bond donors (Lipinski definition) is 2. The van der Waals surface area contributed by atoms with Gasteiger partial charge in [-0.3, -0.25) is 20.4 Å². The molecule has 2 rings (SSSR count). The molecule has 1 aliphatic rings. The second-order valence-corrected chi connectivity index (χ2v) is 5.64. The first-order chi connectivity index (χ1) is 11.5. The molecule has 2 atom stereocenters. The van der Waals surface area contributed by atoms with Gasteiger partial charge in [0.05, 0.1) is 10.9 Å². The monoisotopic (exact) mass is 351 g/mol. The van der Waals surface area contributed by atoms with Crippen LogP contribution in [0.2, 0.25) is 5.02 Å². The van der Waals surface area contributed by atoms with Crippen molar-refractivity contribution in [3.05, 3.63) is 41.4 Å². The van der Waals surface area contributed by atoms with E-state index in [-0.39, 0.29) is 19.4 Å². The fraction of sp³-hybridized carbons (Fsp3) is 0.312. The molecule has 24 heavy (non-hydrogen) atoms. The first-order valence-corrected chi connectivity index (χ1v) is 7.68. The SMILES string of the molecule is O=C(COc1ccccc1Cl)NNC(=O)[C@H]1CC=CC[C@@H]1C(=O)[O-]. The van der Waals surface area contributed by atoms with Gasteiger partial charge in [0.25, 0.3) is 5.91 Å². The lowest BCUT2D eigenvalue weighted by Crippen LogP contribution is -2.50. The van der Waals surface area contributed by atoms with E-state index in [0.717, 1.165) is 0 Å². The molecule has 0 spiro atoms. The summed E-state index contributed by atoms with van der Waals surface area (Å²) in [6, 6.07) is 6.65. The first-order valence-electron chi connectivity index (χ1n) is 7.31. The quantitative estimate of drug-likeness (QED) is 0.582. The molecular formula is C16H16ClN2O5-. The lowest BCUT2D eigenvalue weighted by molar-refractivity contribution is -0.313. The lowest BCUT2D eigenvalue weighted by atomic mass is 9.82. The summed E-state index contributed by atoms with van der Waals surface area (Å²) in [4.78, 5) is 34.8. The number of hydrazine groups is 1. The minimum Gasteiger partial charge on any atom is -0.550 e. The minimum atomic E-state index is -1.28. The number of allylic oxidation sites excluding steroid dienone is 2. The maximum atomic E-state index is 12.0. The topological polar surface area (TPSA) is 108 Å². The number of halogens is 1. The largest absolute Gasteiger partial charge is 0.550 e. The lowest BCUT2D eigenvalue weighted by Gasteiger charge is -2.28. The molecule has 0 unspecified atom stereocenters. The number of benzene rings is 1. The maximum absolute atomic E-state index is 12.0. The zero-order valence-corrected chi connectivity index (χ0v) is 13.4. The fourth-order valence-electron chi connectivity index (χ4n) is 2.33. The number of ether oxygens (including phenoxy) is 1. The van der Waals surface area contributed by atoms with E-state index < -0.39 is 29.6 Å². The van der Waals surface area contributed by atoms with Gasteiger partial charge < -0.3 is 14.6 Å². The summed E-state index contributed by atoms with van der Waals surface area (Å²) in [5.41, 5.74) is 4.40. The van der Waals surface area contributed by atoms with Crippen LogP contribution in [0.1, 0.15) is 12.8 Å². The molecule has 1 aromatic rings. The number of carbonyl (C=O) groups excluding carboxylic acids is 3. The van der Waals surface area contributed by atoms with Crippen molar-refractivity contribution in [1.82, 2.24) is 10.9 Å². The first kappa shape index (κ1) is 17.8. The molecule has 0 aromatic heterocycles. The Morgan fingerprint density at radius 1 is 1.12 bits per heavy atom. The van der Waals surface area contributed by atoms with Gasteiger partial charge >= 0.3 is 0 Å². The Bertz CT molecular complexity index is 662. The Morgan fingerprint density at radius 2 is 1.79 bits per heavy atom. The van der Waals surface area contributed by atoms with E-state index in [9.17, 15) is 19.5 Å². The fourth-order valence-corrected chi connectivity index (χ4v) is 2.52. The van der Waals surface area contributed by atoms with E-state index in [1.807, 2.05) is 0 Å². The van der Waals surface area contributed by atoms with Crippen LogP contribution >= 0.6 is 11.6 Å². The highest BCUT2D eigenvalue weighted by atomic mass is 35.5. The molecule has 2 amide bonds. The highest BCUT2D eigenvalue weighted by molar-refractivity contribution is 6.32. The van der Waals surface area contributed by atoms with Crippen LogP contribution in [-0.2, 0) is 14.4 Å². The summed E-state index contributed by atoms with van der Waals surface area (Å²) in [7, 11) is 0. The Kier molecular flexibility index (Phi) is 6.20. The number of amides is 2. The number of rotatable bonds is 5. The predicted molar refractivity (Wildman–Crippen MR) is 83.6 cm³/mol. The van der Waals surface area contributed by atoms with E-state index in [1.54, 1.807) is 36.4 Å². The Morgan fingerprint density at radius 3 is 2.46 bits per heavy atom. The third kappa shape index (κ3) is 4.73. The van der Waals surface area contributed by atoms with Crippen LogP contribution in [0.5, 0.6) is 5.75 Å². The number of nitrogens with one attached hydrogen (secondary N) is 2. The van der Waals surface area contributed by atoms with E-state index in [2.05, 4.69) is 10.9 Å². The van der Waals surface area contributed by atoms with Crippen molar-refractivity contribution in [2.24, 2.45) is 11.8 Å². The average molecular weight is 352 g/mol. The van der Waals surface area contributed by atoms with Crippen LogP contribution in [0, 0.1) is 11.8 Å². The van der Waals surface area contributed by atoms with Gasteiger partial charge in [0.15, 0.2) is 6.61 Å². The summed E-state index contributed by atoms with van der Waals surface area (Å²) in [5, 5.41) is 11.4. The van der Waals surface area contributed by atoms with Gasteiger partial charge in [0, 0.05) is 11.9 Å². The predicted octanol–water partition coefficient (Wildman–Crippen LogP) is 0.198. The van der Waals surface area contributed by atoms with Gasteiger partial charge in [-0.25, -0.2) is 0 Å². The summed E-state index contributed by atoms with van der Waals surface area (Å²) >= 11 is 5.89. The Hall–Kier alpha value is -2.54. The van der Waals surface area contributed by atoms with E-state index in [1.165, 1.54) is 0 Å². The maximum Gasteiger partial charge on any atom is 0.276 e. The van der Waals surface area contributed by atoms with E-state index in [4.69, 9.17) is 16.3 Å². The summed E-state index contributed by atoms with van der Waals surface area (Å²) in [5.74, 6) is -3.82. The van der Waals surface area contributed by atoms with Crippen LogP contribution in [0.25, 0.3) is 0 Å². The average Bonchev–Trinajstić information content (AvgIpc) is 2.59. The van der Waals surface area contributed by atoms with Crippen molar-refractivity contribution in [3.8, 4) is 5.75 Å². The molecule has 1 aromatic carbocycles. The van der Waals surface area contributed by atoms with E-state index in [0.29, 0.717) is 10.8 Å². The van der Waals surface area contributed by atoms with Crippen molar-refractivity contribution in [2.75, 3.05) is 6.61 Å². The van der Waals surface area contributed by atoms with Gasteiger partial charge in [-0.05, 0) is 25.0 Å². The standard InChI is InChI=1S/C16H17ClN2O5/c17-12-7-3-4-8-13(12)24-9-14(20)18-19-15(21)10-5-1-2-6-11(10)16(22)23/h1-4,7-8,10-11H,5-6,9H2,(H,18,20)(H,19,21)(H,22,23)/p-1/t10-,11-/m0/s1. The van der Waals surface area contributed by atoms with Crippen molar-refractivity contribution in [2.45, 2.75) is 12.8 Å². The summed E-state index contributed by atoms with van der Waals surface area (Å²) in [6.07, 6.45) is 3.92. The molecule has 0 aliphatic heterocycles. The van der Waals surface area contributed by atoms with Crippen LogP contribution in [0.15, 0.2) is 36.4 Å². The third-order valence-electron chi connectivity index (χ3n) is 3.59. The zero-order valence-electron chi connectivity index (χ0n) is 12.7. The van der Waals surface area contributed by atoms with Crippen LogP contribution in [0.4, 0.5) is 0 Å². The molecule has 0 fully saturated rings. The molecule has 8 heteroatoms. The molecule has 0 radical (unpaired) electrons. The molecule has 128 valence electrons. The number of hydrogen-bond acceptors (Lipinski definition) is 5. The Balaban J connectivity index is 1.80. The van der Waals surface area contributed by atoms with Crippen LogP contribution < -0.4 is 20.7 Å². The number of carboxylic acid groups (broad SMARTS) is 1. The van der Waals surface area contributed by atoms with Gasteiger partial charge in [0.2, 0.25) is 5.91 Å². The van der Waals surface area contributed by atoms with Crippen LogP contribution in [0.3, 0.4) is 0 Å². The van der Waals surface area contributed by atoms with Crippen LogP contribution in [-0.4, -0.2) is 24.4 Å². The molecule has 0 bridgehead atoms. The van der Waals surface area contributed by atoms with Gasteiger partial charge in [-0.2, -0.15) is 0 Å². The molecule has 0 saturated carbocycles. The highest BCUT2D eigenvalue weighted by Gasteiger charge is 2.29. The second kappa shape index (κ2) is 8.35. The van der Waals surface area contributed by atoms with Crippen molar-refractivity contribution in [3.63, 3.8) is 0 Å². The number of aliphatic carboxylic acids is 1. The normalized spacial score (nSPS) is 19.4. The van der Waals surface area contributed by atoms with Crippen molar-refractivity contribution >= 4 is 29.4 Å². The van der Waals surface area contributed by atoms with Crippen molar-refractivity contribution < 1.29 is 24.2 Å². The highest BCUT2D eigenvalue weighted by Crippen LogP contribution is 2.25. The third-order valence-corrected chi connectivity index (χ3v) is 3.90. The number of para-hydroxylation sites is 1. The Labute approximate surface area is 143 Å². The molecule has 7 nitrogen and oxygen atoms in total. The smallest absolute Gasteiger partial charge is 0.276 e. The molecule has 1 aliphatic carbocycles. The number of carboxylic acids is 1. The molecular weight excluding hydrogens is 336 g/mol. The summed E-state index contributed by atoms with van der Waals surface area (Å²) < 4.78 is 5.23. The van der Waals surface area contributed by atoms with Gasteiger partial charge in [0.1, 0.15) is 5.75 Å². The van der Waals surface area contributed by atoms with Gasteiger partial charge in [-0.15, -0.1) is 0 Å². The van der Waals surface area contributed by atoms with E-state index >= 15 is 0 Å². The van der Waals surface area contributed by atoms with Gasteiger partial charge in [-0.1, -0.05) is 35.9 Å². The summed E-state index contributed by atoms with van der Waals surface area (Å²) in [6.45, 7) is -0.349. The number of carbonyl (C=O) groups is 3. The zero-order chi connectivity index (χ0) is 17.5. The van der Waals surface area contributed by atoms with Crippen molar-refractivity contribution in [1.29, 1.82) is 0 Å².